The summed E-state index contributed by atoms with van der Waals surface area (Å²) < 4.78 is 54.8. The van der Waals surface area contributed by atoms with Gasteiger partial charge >= 0.3 is 12.2 Å². The van der Waals surface area contributed by atoms with Crippen molar-refractivity contribution in [2.75, 3.05) is 26.2 Å². The van der Waals surface area contributed by atoms with Gasteiger partial charge in [0.15, 0.2) is 0 Å². The van der Waals surface area contributed by atoms with Gasteiger partial charge in [-0.05, 0) is 83.7 Å². The Morgan fingerprint density at radius 1 is 1.02 bits per heavy atom. The van der Waals surface area contributed by atoms with E-state index in [1.165, 1.54) is 16.4 Å². The van der Waals surface area contributed by atoms with E-state index < -0.39 is 45.7 Å². The Hall–Kier alpha value is -3.18. The minimum atomic E-state index is -4.01. The Morgan fingerprint density at radius 3 is 2.37 bits per heavy atom. The molecule has 2 aliphatic heterocycles. The number of nitrogens with zero attached hydrogens (tertiary/aromatic N) is 3. The van der Waals surface area contributed by atoms with E-state index in [0.29, 0.717) is 37.9 Å². The molecule has 0 saturated carbocycles. The van der Waals surface area contributed by atoms with Crippen LogP contribution in [0.4, 0.5) is 14.0 Å². The van der Waals surface area contributed by atoms with Crippen molar-refractivity contribution in [3.05, 3.63) is 65.5 Å². The highest BCUT2D eigenvalue weighted by atomic mass is 32.2. The van der Waals surface area contributed by atoms with E-state index in [2.05, 4.69) is 0 Å². The van der Waals surface area contributed by atoms with Gasteiger partial charge in [-0.3, -0.25) is 0 Å². The van der Waals surface area contributed by atoms with Crippen molar-refractivity contribution < 1.29 is 31.9 Å². The van der Waals surface area contributed by atoms with E-state index in [4.69, 9.17) is 9.47 Å². The van der Waals surface area contributed by atoms with Crippen LogP contribution in [0.5, 0.6) is 0 Å². The van der Waals surface area contributed by atoms with E-state index >= 15 is 0 Å². The largest absolute Gasteiger partial charge is 0.448 e. The first-order chi connectivity index (χ1) is 19.3. The molecule has 224 valence electrons. The predicted molar refractivity (Wildman–Crippen MR) is 152 cm³/mol. The predicted octanol–water partition coefficient (Wildman–Crippen LogP) is 5.50. The lowest BCUT2D eigenvalue weighted by molar-refractivity contribution is 0.00101. The fraction of sp³-hybridized carbons (Fsp3) is 0.533. The molecule has 0 aromatic heterocycles. The summed E-state index contributed by atoms with van der Waals surface area (Å²) in [6.07, 6.45) is 0.699. The molecule has 41 heavy (non-hydrogen) atoms. The smallest absolute Gasteiger partial charge is 0.410 e. The molecular weight excluding hydrogens is 549 g/mol. The Kier molecular flexibility index (Phi) is 9.28. The summed E-state index contributed by atoms with van der Waals surface area (Å²) in [4.78, 5) is 28.9. The van der Waals surface area contributed by atoms with Crippen LogP contribution in [0.3, 0.4) is 0 Å². The van der Waals surface area contributed by atoms with E-state index in [0.717, 1.165) is 5.56 Å². The number of sulfonamides is 1. The van der Waals surface area contributed by atoms with Crippen LogP contribution in [-0.2, 0) is 19.5 Å². The first kappa shape index (κ1) is 30.8. The number of hydrogen-bond acceptors (Lipinski definition) is 6. The number of piperidine rings is 1. The summed E-state index contributed by atoms with van der Waals surface area (Å²) >= 11 is 0. The summed E-state index contributed by atoms with van der Waals surface area (Å²) in [6, 6.07) is 11.0. The van der Waals surface area contributed by atoms with Gasteiger partial charge in [0.1, 0.15) is 18.0 Å². The van der Waals surface area contributed by atoms with Crippen molar-refractivity contribution in [3.8, 4) is 0 Å². The minimum absolute atomic E-state index is 0.134. The van der Waals surface area contributed by atoms with Gasteiger partial charge in [-0.2, -0.15) is 4.31 Å². The van der Waals surface area contributed by atoms with Crippen LogP contribution in [0.2, 0.25) is 0 Å². The molecular formula is C30H40FN3O6S. The third kappa shape index (κ3) is 7.37. The van der Waals surface area contributed by atoms with Crippen LogP contribution in [0.1, 0.15) is 64.1 Å². The first-order valence-electron chi connectivity index (χ1n) is 14.0. The number of amides is 2. The molecule has 0 unspecified atom stereocenters. The molecule has 11 heteroatoms. The van der Waals surface area contributed by atoms with Gasteiger partial charge in [0.2, 0.25) is 10.0 Å². The summed E-state index contributed by atoms with van der Waals surface area (Å²) in [5.74, 6) is -0.441. The summed E-state index contributed by atoms with van der Waals surface area (Å²) in [5, 5.41) is 0. The second-order valence-corrected chi connectivity index (χ2v) is 13.7. The third-order valence-electron chi connectivity index (χ3n) is 7.42. The lowest BCUT2D eigenvalue weighted by Crippen LogP contribution is -2.56. The van der Waals surface area contributed by atoms with Crippen LogP contribution in [0.25, 0.3) is 0 Å². The molecule has 3 atom stereocenters. The highest BCUT2D eigenvalue weighted by Crippen LogP contribution is 2.39. The quantitative estimate of drug-likeness (QED) is 0.457. The lowest BCUT2D eigenvalue weighted by Gasteiger charge is -2.42. The van der Waals surface area contributed by atoms with Crippen LogP contribution < -0.4 is 0 Å². The average Bonchev–Trinajstić information content (AvgIpc) is 2.90. The van der Waals surface area contributed by atoms with Crippen molar-refractivity contribution in [2.45, 2.75) is 82.5 Å². The Balaban J connectivity index is 1.51. The molecule has 2 amide bonds. The molecule has 2 heterocycles. The Bertz CT molecular complexity index is 1340. The summed E-state index contributed by atoms with van der Waals surface area (Å²) in [7, 11) is -4.01. The zero-order valence-electron chi connectivity index (χ0n) is 24.4. The minimum Gasteiger partial charge on any atom is -0.448 e. The van der Waals surface area contributed by atoms with Gasteiger partial charge in [-0.1, -0.05) is 29.8 Å². The maximum absolute atomic E-state index is 14.2. The molecule has 2 saturated heterocycles. The number of carbonyl (C=O) groups is 2. The van der Waals surface area contributed by atoms with Crippen molar-refractivity contribution >= 4 is 22.2 Å². The van der Waals surface area contributed by atoms with Crippen molar-refractivity contribution in [3.63, 3.8) is 0 Å². The Morgan fingerprint density at radius 2 is 1.73 bits per heavy atom. The second-order valence-electron chi connectivity index (χ2n) is 11.8. The lowest BCUT2D eigenvalue weighted by atomic mass is 9.93. The third-order valence-corrected chi connectivity index (χ3v) is 9.40. The van der Waals surface area contributed by atoms with Gasteiger partial charge in [0, 0.05) is 19.6 Å². The number of rotatable bonds is 5. The molecule has 2 aromatic carbocycles. The molecule has 0 bridgehead atoms. The van der Waals surface area contributed by atoms with Crippen LogP contribution in [0.15, 0.2) is 53.4 Å². The summed E-state index contributed by atoms with van der Waals surface area (Å²) in [5.41, 5.74) is 0.865. The van der Waals surface area contributed by atoms with Crippen LogP contribution in [-0.4, -0.2) is 78.6 Å². The van der Waals surface area contributed by atoms with Gasteiger partial charge in [-0.15, -0.1) is 0 Å². The first-order valence-corrected chi connectivity index (χ1v) is 15.5. The molecule has 0 aliphatic carbocycles. The number of halogens is 1. The molecule has 0 spiro atoms. The zero-order valence-corrected chi connectivity index (χ0v) is 25.2. The van der Waals surface area contributed by atoms with Gasteiger partial charge in [-0.25, -0.2) is 22.4 Å². The number of ether oxygens (including phenoxy) is 2. The molecule has 2 aliphatic rings. The number of aryl methyl sites for hydroxylation is 1. The van der Waals surface area contributed by atoms with E-state index in [-0.39, 0.29) is 24.1 Å². The SMILES string of the molecule is Cc1ccc(S(=O)(=O)N2[C@@H](COC(=O)N3CCN(C(=O)OC(C)(C)C)C[C@H]3C)CCC[C@H]2c2cccc(F)c2)cc1. The fourth-order valence-corrected chi connectivity index (χ4v) is 7.25. The van der Waals surface area contributed by atoms with E-state index in [1.807, 2.05) is 13.8 Å². The van der Waals surface area contributed by atoms with E-state index in [9.17, 15) is 22.4 Å². The molecule has 0 N–H and O–H groups in total. The monoisotopic (exact) mass is 589 g/mol. The second kappa shape index (κ2) is 12.4. The summed E-state index contributed by atoms with van der Waals surface area (Å²) in [6.45, 7) is 9.82. The normalized spacial score (nSPS) is 22.3. The molecule has 9 nitrogen and oxygen atoms in total. The van der Waals surface area contributed by atoms with Crippen LogP contribution >= 0.6 is 0 Å². The average molecular weight is 590 g/mol. The fourth-order valence-electron chi connectivity index (χ4n) is 5.41. The van der Waals surface area contributed by atoms with Crippen molar-refractivity contribution in [1.29, 1.82) is 0 Å². The van der Waals surface area contributed by atoms with Crippen molar-refractivity contribution in [2.24, 2.45) is 0 Å². The Labute approximate surface area is 242 Å². The van der Waals surface area contributed by atoms with Crippen LogP contribution in [0, 0.1) is 12.7 Å². The topological polar surface area (TPSA) is 96.5 Å². The van der Waals surface area contributed by atoms with Crippen molar-refractivity contribution in [1.82, 2.24) is 14.1 Å². The number of piperazine rings is 1. The molecule has 2 aromatic rings. The van der Waals surface area contributed by atoms with Gasteiger partial charge in [0.05, 0.1) is 23.0 Å². The standard InChI is InChI=1S/C30H40FN3O6S/c1-21-12-14-26(15-13-21)41(37,38)34-25(10-7-11-27(34)23-8-6-9-24(31)18-23)20-39-29(36)33-17-16-32(19-22(33)2)28(35)40-30(3,4)5/h6,8-9,12-15,18,22,25,27H,7,10-11,16-17,19-20H2,1-5H3/t22-,25-,27+/m1/s1. The molecule has 4 rings (SSSR count). The number of carbonyl (C=O) groups excluding carboxylic acids is 2. The number of benzene rings is 2. The molecule has 0 radical (unpaired) electrons. The van der Waals surface area contributed by atoms with Gasteiger partial charge in [0.25, 0.3) is 0 Å². The van der Waals surface area contributed by atoms with Gasteiger partial charge < -0.3 is 19.3 Å². The molecule has 2 fully saturated rings. The van der Waals surface area contributed by atoms with E-state index in [1.54, 1.807) is 67.0 Å². The maximum atomic E-state index is 14.2. The zero-order chi connectivity index (χ0) is 29.9. The maximum Gasteiger partial charge on any atom is 0.410 e. The highest BCUT2D eigenvalue weighted by molar-refractivity contribution is 7.89. The highest BCUT2D eigenvalue weighted by Gasteiger charge is 2.42. The number of hydrogen-bond donors (Lipinski definition) is 0.